The number of nitrogens with zero attached hydrogens (tertiary/aromatic N) is 1. The summed E-state index contributed by atoms with van der Waals surface area (Å²) in [6.45, 7) is 9.68. The van der Waals surface area contributed by atoms with Gasteiger partial charge in [0.2, 0.25) is 5.91 Å². The van der Waals surface area contributed by atoms with Crippen molar-refractivity contribution in [2.75, 3.05) is 33.8 Å². The van der Waals surface area contributed by atoms with Crippen molar-refractivity contribution in [2.45, 2.75) is 34.1 Å². The molecule has 0 bridgehead atoms. The standard InChI is InChI=1S/C19H32N4O2.HI/c1-7-21-17(24)19(3,4)13-23-18(20-5)22-11-10-15-12-14(2)8-9-16(15)25-6;/h8-9,12H,7,10-11,13H2,1-6H3,(H,21,24)(H2,20,22,23);1H. The van der Waals surface area contributed by atoms with Crippen LogP contribution >= 0.6 is 24.0 Å². The van der Waals surface area contributed by atoms with Crippen LogP contribution in [0.5, 0.6) is 5.75 Å². The third-order valence-electron chi connectivity index (χ3n) is 4.00. The van der Waals surface area contributed by atoms with Crippen LogP contribution < -0.4 is 20.7 Å². The van der Waals surface area contributed by atoms with Gasteiger partial charge in [-0.3, -0.25) is 9.79 Å². The van der Waals surface area contributed by atoms with Crippen LogP contribution in [0.25, 0.3) is 0 Å². The molecule has 1 amide bonds. The Hall–Kier alpha value is -1.51. The van der Waals surface area contributed by atoms with Crippen molar-refractivity contribution in [3.63, 3.8) is 0 Å². The first-order chi connectivity index (χ1) is 11.8. The normalized spacial score (nSPS) is 11.4. The van der Waals surface area contributed by atoms with Crippen molar-refractivity contribution < 1.29 is 9.53 Å². The number of carbonyl (C=O) groups excluding carboxylic acids is 1. The summed E-state index contributed by atoms with van der Waals surface area (Å²) in [6.07, 6.45) is 0.825. The number of ether oxygens (including phenoxy) is 1. The third-order valence-corrected chi connectivity index (χ3v) is 4.00. The molecule has 0 aliphatic heterocycles. The number of guanidine groups is 1. The lowest BCUT2D eigenvalue weighted by atomic mass is 9.92. The number of amides is 1. The third kappa shape index (κ3) is 7.80. The number of aryl methyl sites for hydroxylation is 1. The monoisotopic (exact) mass is 476 g/mol. The number of rotatable bonds is 8. The molecule has 0 unspecified atom stereocenters. The second-order valence-corrected chi connectivity index (χ2v) is 6.66. The van der Waals surface area contributed by atoms with E-state index in [1.54, 1.807) is 14.2 Å². The SMILES string of the molecule is CCNC(=O)C(C)(C)CNC(=NC)NCCc1cc(C)ccc1OC.I. The molecular weight excluding hydrogens is 443 g/mol. The van der Waals surface area contributed by atoms with Gasteiger partial charge in [-0.1, -0.05) is 17.7 Å². The Labute approximate surface area is 174 Å². The van der Waals surface area contributed by atoms with E-state index in [4.69, 9.17) is 4.74 Å². The van der Waals surface area contributed by atoms with Gasteiger partial charge in [0, 0.05) is 26.7 Å². The van der Waals surface area contributed by atoms with E-state index in [0.717, 1.165) is 24.3 Å². The van der Waals surface area contributed by atoms with E-state index in [9.17, 15) is 4.79 Å². The van der Waals surface area contributed by atoms with Crippen molar-refractivity contribution in [1.82, 2.24) is 16.0 Å². The summed E-state index contributed by atoms with van der Waals surface area (Å²) in [5, 5.41) is 9.36. The predicted octanol–water partition coefficient (Wildman–Crippen LogP) is 2.49. The molecule has 26 heavy (non-hydrogen) atoms. The number of halogens is 1. The van der Waals surface area contributed by atoms with Crippen molar-refractivity contribution in [3.05, 3.63) is 29.3 Å². The van der Waals surface area contributed by atoms with Gasteiger partial charge in [0.1, 0.15) is 5.75 Å². The fraction of sp³-hybridized carbons (Fsp3) is 0.579. The molecule has 3 N–H and O–H groups in total. The quantitative estimate of drug-likeness (QED) is 0.306. The van der Waals surface area contributed by atoms with Crippen molar-refractivity contribution >= 4 is 35.8 Å². The van der Waals surface area contributed by atoms with Gasteiger partial charge in [0.15, 0.2) is 5.96 Å². The van der Waals surface area contributed by atoms with Gasteiger partial charge in [-0.15, -0.1) is 24.0 Å². The topological polar surface area (TPSA) is 74.8 Å². The van der Waals surface area contributed by atoms with E-state index in [1.165, 1.54) is 5.56 Å². The number of aliphatic imine (C=N–C) groups is 1. The molecule has 0 saturated carbocycles. The number of hydrogen-bond donors (Lipinski definition) is 3. The van der Waals surface area contributed by atoms with Crippen molar-refractivity contribution in [3.8, 4) is 5.75 Å². The van der Waals surface area contributed by atoms with Crippen LogP contribution in [0.15, 0.2) is 23.2 Å². The smallest absolute Gasteiger partial charge is 0.227 e. The molecule has 0 saturated heterocycles. The van der Waals surface area contributed by atoms with Gasteiger partial charge in [-0.05, 0) is 45.7 Å². The Morgan fingerprint density at radius 2 is 1.92 bits per heavy atom. The first-order valence-corrected chi connectivity index (χ1v) is 8.70. The minimum absolute atomic E-state index is 0. The van der Waals surface area contributed by atoms with E-state index in [-0.39, 0.29) is 29.9 Å². The highest BCUT2D eigenvalue weighted by Gasteiger charge is 2.27. The molecule has 0 fully saturated rings. The van der Waals surface area contributed by atoms with E-state index < -0.39 is 5.41 Å². The van der Waals surface area contributed by atoms with Crippen molar-refractivity contribution in [2.24, 2.45) is 10.4 Å². The number of methoxy groups -OCH3 is 1. The van der Waals surface area contributed by atoms with Crippen molar-refractivity contribution in [1.29, 1.82) is 0 Å². The van der Waals surface area contributed by atoms with Gasteiger partial charge < -0.3 is 20.7 Å². The highest BCUT2D eigenvalue weighted by atomic mass is 127. The largest absolute Gasteiger partial charge is 0.496 e. The Bertz CT molecular complexity index is 603. The van der Waals surface area contributed by atoms with Gasteiger partial charge in [0.25, 0.3) is 0 Å². The summed E-state index contributed by atoms with van der Waals surface area (Å²) < 4.78 is 5.41. The molecule has 0 aliphatic rings. The van der Waals surface area contributed by atoms with Gasteiger partial charge in [-0.2, -0.15) is 0 Å². The Kier molecular flexibility index (Phi) is 11.3. The Balaban J connectivity index is 0.00000625. The van der Waals surface area contributed by atoms with E-state index >= 15 is 0 Å². The number of carbonyl (C=O) groups is 1. The fourth-order valence-corrected chi connectivity index (χ4v) is 2.42. The fourth-order valence-electron chi connectivity index (χ4n) is 2.42. The van der Waals surface area contributed by atoms with Crippen LogP contribution in [0.4, 0.5) is 0 Å². The summed E-state index contributed by atoms with van der Waals surface area (Å²) >= 11 is 0. The Morgan fingerprint density at radius 3 is 2.50 bits per heavy atom. The first-order valence-electron chi connectivity index (χ1n) is 8.70. The number of hydrogen-bond acceptors (Lipinski definition) is 3. The lowest BCUT2D eigenvalue weighted by Crippen LogP contribution is -2.48. The molecular formula is C19H33IN4O2. The molecule has 1 aromatic rings. The minimum Gasteiger partial charge on any atom is -0.496 e. The molecule has 148 valence electrons. The first kappa shape index (κ1) is 24.5. The highest BCUT2D eigenvalue weighted by Crippen LogP contribution is 2.19. The van der Waals surface area contributed by atoms with Crippen LogP contribution in [0.3, 0.4) is 0 Å². The summed E-state index contributed by atoms with van der Waals surface area (Å²) in [4.78, 5) is 16.3. The van der Waals surface area contributed by atoms with Crippen LogP contribution in [0.1, 0.15) is 31.9 Å². The zero-order chi connectivity index (χ0) is 18.9. The average Bonchev–Trinajstić information content (AvgIpc) is 2.58. The molecule has 0 spiro atoms. The molecule has 1 aromatic carbocycles. The van der Waals surface area contributed by atoms with Gasteiger partial charge in [0.05, 0.1) is 12.5 Å². The predicted molar refractivity (Wildman–Crippen MR) is 119 cm³/mol. The lowest BCUT2D eigenvalue weighted by Gasteiger charge is -2.24. The highest BCUT2D eigenvalue weighted by molar-refractivity contribution is 14.0. The van der Waals surface area contributed by atoms with E-state index in [1.807, 2.05) is 32.9 Å². The second-order valence-electron chi connectivity index (χ2n) is 6.66. The molecule has 0 aliphatic carbocycles. The second kappa shape index (κ2) is 12.0. The zero-order valence-corrected chi connectivity index (χ0v) is 19.1. The molecule has 6 nitrogen and oxygen atoms in total. The maximum absolute atomic E-state index is 12.0. The molecule has 0 atom stereocenters. The van der Waals surface area contributed by atoms with Crippen LogP contribution in [-0.4, -0.2) is 45.7 Å². The maximum Gasteiger partial charge on any atom is 0.227 e. The molecule has 0 aromatic heterocycles. The lowest BCUT2D eigenvalue weighted by molar-refractivity contribution is -0.128. The van der Waals surface area contributed by atoms with Crippen LogP contribution in [0, 0.1) is 12.3 Å². The average molecular weight is 476 g/mol. The van der Waals surface area contributed by atoms with Gasteiger partial charge >= 0.3 is 0 Å². The maximum atomic E-state index is 12.0. The van der Waals surface area contributed by atoms with E-state index in [0.29, 0.717) is 19.0 Å². The Morgan fingerprint density at radius 1 is 1.23 bits per heavy atom. The molecule has 0 heterocycles. The van der Waals surface area contributed by atoms with Crippen LogP contribution in [-0.2, 0) is 11.2 Å². The molecule has 0 radical (unpaired) electrons. The summed E-state index contributed by atoms with van der Waals surface area (Å²) in [5.74, 6) is 1.61. The summed E-state index contributed by atoms with van der Waals surface area (Å²) in [5.41, 5.74) is 1.86. The summed E-state index contributed by atoms with van der Waals surface area (Å²) in [6, 6.07) is 6.17. The minimum atomic E-state index is -0.507. The van der Waals surface area contributed by atoms with Gasteiger partial charge in [-0.25, -0.2) is 0 Å². The van der Waals surface area contributed by atoms with Crippen LogP contribution in [0.2, 0.25) is 0 Å². The zero-order valence-electron chi connectivity index (χ0n) is 16.7. The number of benzene rings is 1. The summed E-state index contributed by atoms with van der Waals surface area (Å²) in [7, 11) is 3.41. The molecule has 7 heteroatoms. The van der Waals surface area contributed by atoms with E-state index in [2.05, 4.69) is 33.9 Å². The molecule has 1 rings (SSSR count). The number of nitrogens with one attached hydrogen (secondary N) is 3.